The van der Waals surface area contributed by atoms with E-state index in [0.29, 0.717) is 26.3 Å². The first-order chi connectivity index (χ1) is 12.5. The summed E-state index contributed by atoms with van der Waals surface area (Å²) in [5.41, 5.74) is 2.96. The van der Waals surface area contributed by atoms with E-state index in [4.69, 9.17) is 11.6 Å². The summed E-state index contributed by atoms with van der Waals surface area (Å²) in [5, 5.41) is 5.00. The minimum Gasteiger partial charge on any atom is -0.266 e. The topological polar surface area (TPSA) is 47.3 Å². The molecule has 0 saturated carbocycles. The zero-order chi connectivity index (χ0) is 18.3. The monoisotopic (exact) mass is 381 g/mol. The first-order valence-electron chi connectivity index (χ1n) is 8.28. The van der Waals surface area contributed by atoms with Crippen molar-refractivity contribution in [1.82, 2.24) is 14.6 Å². The van der Waals surface area contributed by atoms with Crippen molar-refractivity contribution in [2.45, 2.75) is 19.8 Å². The summed E-state index contributed by atoms with van der Waals surface area (Å²) in [4.78, 5) is 17.7. The van der Waals surface area contributed by atoms with Gasteiger partial charge in [0.05, 0.1) is 4.53 Å². The van der Waals surface area contributed by atoms with E-state index >= 15 is 0 Å². The fourth-order valence-corrected chi connectivity index (χ4v) is 3.72. The molecule has 0 radical (unpaired) electrons. The SMILES string of the molecule is CC(C)c1ccc(/C=c2\sc3nc(-c4ccc(Cl)cc4)nn3c2=O)cc1. The Hall–Kier alpha value is -2.50. The van der Waals surface area contributed by atoms with Gasteiger partial charge >= 0.3 is 0 Å². The second-order valence-electron chi connectivity index (χ2n) is 6.37. The number of halogens is 1. The van der Waals surface area contributed by atoms with Crippen molar-refractivity contribution in [3.63, 3.8) is 0 Å². The maximum absolute atomic E-state index is 12.6. The highest BCUT2D eigenvalue weighted by atomic mass is 35.5. The first-order valence-corrected chi connectivity index (χ1v) is 9.48. The summed E-state index contributed by atoms with van der Waals surface area (Å²) in [7, 11) is 0. The van der Waals surface area contributed by atoms with Crippen molar-refractivity contribution in [2.24, 2.45) is 0 Å². The fourth-order valence-electron chi connectivity index (χ4n) is 2.68. The van der Waals surface area contributed by atoms with Crippen molar-refractivity contribution in [1.29, 1.82) is 0 Å². The van der Waals surface area contributed by atoms with Gasteiger partial charge in [0.15, 0.2) is 5.82 Å². The number of benzene rings is 2. The summed E-state index contributed by atoms with van der Waals surface area (Å²) < 4.78 is 1.99. The molecule has 4 nitrogen and oxygen atoms in total. The maximum atomic E-state index is 12.6. The van der Waals surface area contributed by atoms with Crippen LogP contribution in [0.4, 0.5) is 0 Å². The Morgan fingerprint density at radius 2 is 1.77 bits per heavy atom. The molecule has 2 aromatic heterocycles. The van der Waals surface area contributed by atoms with Gasteiger partial charge in [0, 0.05) is 10.6 Å². The van der Waals surface area contributed by atoms with Gasteiger partial charge < -0.3 is 0 Å². The lowest BCUT2D eigenvalue weighted by atomic mass is 10.0. The van der Waals surface area contributed by atoms with E-state index < -0.39 is 0 Å². The summed E-state index contributed by atoms with van der Waals surface area (Å²) >= 11 is 7.25. The van der Waals surface area contributed by atoms with Gasteiger partial charge in [0.2, 0.25) is 4.96 Å². The normalized spacial score (nSPS) is 12.4. The third kappa shape index (κ3) is 3.16. The van der Waals surface area contributed by atoms with Crippen LogP contribution >= 0.6 is 22.9 Å². The number of aromatic nitrogens is 3. The standard InChI is InChI=1S/C20H16ClN3OS/c1-12(2)14-5-3-13(4-6-14)11-17-19(25)24-20(26-17)22-18(23-24)15-7-9-16(21)10-8-15/h3-12H,1-2H3/b17-11-. The molecule has 0 bridgehead atoms. The van der Waals surface area contributed by atoms with Crippen LogP contribution in [-0.2, 0) is 0 Å². The van der Waals surface area contributed by atoms with Gasteiger partial charge in [0.25, 0.3) is 5.56 Å². The van der Waals surface area contributed by atoms with Gasteiger partial charge in [-0.25, -0.2) is 0 Å². The highest BCUT2D eigenvalue weighted by Gasteiger charge is 2.12. The van der Waals surface area contributed by atoms with Crippen molar-refractivity contribution in [3.8, 4) is 11.4 Å². The molecule has 0 fully saturated rings. The molecule has 2 aromatic carbocycles. The molecule has 0 aliphatic heterocycles. The number of fused-ring (bicyclic) bond motifs is 1. The molecule has 6 heteroatoms. The van der Waals surface area contributed by atoms with Gasteiger partial charge in [-0.15, -0.1) is 5.10 Å². The van der Waals surface area contributed by atoms with Crippen LogP contribution in [0.15, 0.2) is 53.3 Å². The van der Waals surface area contributed by atoms with Crippen LogP contribution in [0.5, 0.6) is 0 Å². The lowest BCUT2D eigenvalue weighted by Crippen LogP contribution is -2.23. The van der Waals surface area contributed by atoms with E-state index in [1.54, 1.807) is 12.1 Å². The molecule has 2 heterocycles. The zero-order valence-corrected chi connectivity index (χ0v) is 15.9. The summed E-state index contributed by atoms with van der Waals surface area (Å²) in [6.07, 6.45) is 1.88. The molecule has 0 atom stereocenters. The Labute approximate surface area is 159 Å². The quantitative estimate of drug-likeness (QED) is 0.535. The number of hydrogen-bond donors (Lipinski definition) is 0. The average molecular weight is 382 g/mol. The summed E-state index contributed by atoms with van der Waals surface area (Å²) in [5.74, 6) is 1.01. The van der Waals surface area contributed by atoms with Crippen molar-refractivity contribution in [2.75, 3.05) is 0 Å². The van der Waals surface area contributed by atoms with E-state index in [0.717, 1.165) is 11.1 Å². The highest BCUT2D eigenvalue weighted by molar-refractivity contribution is 7.15. The van der Waals surface area contributed by atoms with Crippen LogP contribution in [0.2, 0.25) is 5.02 Å². The van der Waals surface area contributed by atoms with E-state index in [-0.39, 0.29) is 5.56 Å². The van der Waals surface area contributed by atoms with Gasteiger partial charge in [-0.1, -0.05) is 61.1 Å². The lowest BCUT2D eigenvalue weighted by molar-refractivity contribution is 0.866. The third-order valence-electron chi connectivity index (χ3n) is 4.19. The minimum absolute atomic E-state index is 0.148. The summed E-state index contributed by atoms with van der Waals surface area (Å²) in [6, 6.07) is 15.5. The molecule has 130 valence electrons. The Morgan fingerprint density at radius 1 is 1.08 bits per heavy atom. The molecule has 0 N–H and O–H groups in total. The number of hydrogen-bond acceptors (Lipinski definition) is 4. The number of thiazole rings is 1. The molecule has 4 rings (SSSR count). The number of nitrogens with zero attached hydrogens (tertiary/aromatic N) is 3. The van der Waals surface area contributed by atoms with E-state index in [9.17, 15) is 4.79 Å². The smallest absolute Gasteiger partial charge is 0.266 e. The lowest BCUT2D eigenvalue weighted by Gasteiger charge is -2.04. The molecule has 0 unspecified atom stereocenters. The first kappa shape index (κ1) is 16.9. The Kier molecular flexibility index (Phi) is 4.34. The maximum Gasteiger partial charge on any atom is 0.291 e. The second-order valence-corrected chi connectivity index (χ2v) is 7.82. The molecule has 0 aliphatic carbocycles. The van der Waals surface area contributed by atoms with E-state index in [1.807, 2.05) is 30.3 Å². The predicted octanol–water partition coefficient (Wildman–Crippen LogP) is 4.14. The van der Waals surface area contributed by atoms with Crippen LogP contribution < -0.4 is 10.1 Å². The Morgan fingerprint density at radius 3 is 2.38 bits per heavy atom. The van der Waals surface area contributed by atoms with Crippen molar-refractivity contribution >= 4 is 34.0 Å². The third-order valence-corrected chi connectivity index (χ3v) is 5.40. The molecule has 0 aliphatic rings. The van der Waals surface area contributed by atoms with Gasteiger partial charge in [-0.3, -0.25) is 4.79 Å². The molecule has 0 amide bonds. The average Bonchev–Trinajstić information content (AvgIpc) is 3.16. The predicted molar refractivity (Wildman–Crippen MR) is 107 cm³/mol. The highest BCUT2D eigenvalue weighted by Crippen LogP contribution is 2.19. The summed E-state index contributed by atoms with van der Waals surface area (Å²) in [6.45, 7) is 4.32. The van der Waals surface area contributed by atoms with Crippen molar-refractivity contribution < 1.29 is 0 Å². The fraction of sp³-hybridized carbons (Fsp3) is 0.150. The van der Waals surface area contributed by atoms with Crippen LogP contribution in [0, 0.1) is 0 Å². The van der Waals surface area contributed by atoms with E-state index in [1.165, 1.54) is 21.4 Å². The number of rotatable bonds is 3. The molecule has 4 aromatic rings. The Bertz CT molecular complexity index is 1170. The molecule has 0 spiro atoms. The Balaban J connectivity index is 1.73. The van der Waals surface area contributed by atoms with Crippen LogP contribution in [0.3, 0.4) is 0 Å². The molecule has 0 saturated heterocycles. The van der Waals surface area contributed by atoms with Gasteiger partial charge in [-0.05, 0) is 47.4 Å². The van der Waals surface area contributed by atoms with Crippen LogP contribution in [0.25, 0.3) is 22.4 Å². The van der Waals surface area contributed by atoms with Gasteiger partial charge in [-0.2, -0.15) is 9.50 Å². The minimum atomic E-state index is -0.148. The molecule has 26 heavy (non-hydrogen) atoms. The van der Waals surface area contributed by atoms with Gasteiger partial charge in [0.1, 0.15) is 0 Å². The largest absolute Gasteiger partial charge is 0.291 e. The second kappa shape index (κ2) is 6.67. The van der Waals surface area contributed by atoms with Crippen molar-refractivity contribution in [3.05, 3.63) is 79.6 Å². The molecular weight excluding hydrogens is 366 g/mol. The zero-order valence-electron chi connectivity index (χ0n) is 14.3. The van der Waals surface area contributed by atoms with Crippen LogP contribution in [-0.4, -0.2) is 14.6 Å². The van der Waals surface area contributed by atoms with Crippen LogP contribution in [0.1, 0.15) is 30.9 Å². The molecular formula is C20H16ClN3OS. The van der Waals surface area contributed by atoms with E-state index in [2.05, 4.69) is 36.1 Å².